The molecule has 0 aliphatic carbocycles. The van der Waals surface area contributed by atoms with Gasteiger partial charge in [0.05, 0.1) is 4.88 Å². The van der Waals surface area contributed by atoms with E-state index in [1.165, 1.54) is 16.9 Å². The van der Waals surface area contributed by atoms with Gasteiger partial charge in [0.2, 0.25) is 0 Å². The van der Waals surface area contributed by atoms with E-state index in [2.05, 4.69) is 20.8 Å². The molecule has 0 fully saturated rings. The Kier molecular flexibility index (Phi) is 5.80. The third-order valence-corrected chi connectivity index (χ3v) is 5.71. The van der Waals surface area contributed by atoms with E-state index >= 15 is 0 Å². The maximum Gasteiger partial charge on any atom is 0.298 e. The zero-order valence-corrected chi connectivity index (χ0v) is 17.4. The van der Waals surface area contributed by atoms with E-state index in [1.54, 1.807) is 0 Å². The molecular weight excluding hydrogens is 368 g/mol. The normalized spacial score (nSPS) is 11.3. The van der Waals surface area contributed by atoms with E-state index in [0.29, 0.717) is 17.8 Å². The highest BCUT2D eigenvalue weighted by molar-refractivity contribution is 7.11. The fourth-order valence-electron chi connectivity index (χ4n) is 3.02. The van der Waals surface area contributed by atoms with Crippen LogP contribution in [0.4, 0.5) is 0 Å². The highest BCUT2D eigenvalue weighted by Crippen LogP contribution is 2.39. The highest BCUT2D eigenvalue weighted by atomic mass is 32.1. The Morgan fingerprint density at radius 1 is 1.04 bits per heavy atom. The van der Waals surface area contributed by atoms with Crippen LogP contribution in [0.15, 0.2) is 53.9 Å². The minimum absolute atomic E-state index is 0.00788. The number of thiophene rings is 1. The molecule has 0 amide bonds. The molecule has 1 heterocycles. The molecule has 0 aliphatic rings. The van der Waals surface area contributed by atoms with Crippen LogP contribution in [0.25, 0.3) is 11.1 Å². The Balaban J connectivity index is 1.86. The summed E-state index contributed by atoms with van der Waals surface area (Å²) in [5, 5.41) is 1.94. The number of carbonyl (C=O) groups excluding carboxylic acids is 2. The van der Waals surface area contributed by atoms with Crippen molar-refractivity contribution in [3.8, 4) is 16.9 Å². The first kappa shape index (κ1) is 20.0. The van der Waals surface area contributed by atoms with Crippen molar-refractivity contribution >= 4 is 23.6 Å². The van der Waals surface area contributed by atoms with Crippen LogP contribution < -0.4 is 4.74 Å². The van der Waals surface area contributed by atoms with Crippen molar-refractivity contribution in [2.75, 3.05) is 0 Å². The van der Waals surface area contributed by atoms with Crippen LogP contribution in [0.2, 0.25) is 0 Å². The Morgan fingerprint density at radius 3 is 2.25 bits per heavy atom. The van der Waals surface area contributed by atoms with Crippen LogP contribution in [-0.2, 0) is 16.6 Å². The largest absolute Gasteiger partial charge is 0.427 e. The molecule has 3 rings (SSSR count). The summed E-state index contributed by atoms with van der Waals surface area (Å²) in [5.74, 6) is 0.483. The topological polar surface area (TPSA) is 43.4 Å². The maximum atomic E-state index is 12.8. The summed E-state index contributed by atoms with van der Waals surface area (Å²) in [6, 6.07) is 15.8. The Morgan fingerprint density at radius 2 is 1.68 bits per heavy atom. The summed E-state index contributed by atoms with van der Waals surface area (Å²) < 4.78 is 5.27. The Labute approximate surface area is 170 Å². The molecule has 0 unspecified atom stereocenters. The molecule has 3 nitrogen and oxygen atoms in total. The average molecular weight is 393 g/mol. The lowest BCUT2D eigenvalue weighted by molar-refractivity contribution is -0.120. The first-order valence-electron chi connectivity index (χ1n) is 9.21. The highest BCUT2D eigenvalue weighted by Gasteiger charge is 2.19. The molecule has 3 aromatic rings. The van der Waals surface area contributed by atoms with Crippen molar-refractivity contribution in [2.24, 2.45) is 0 Å². The van der Waals surface area contributed by atoms with Gasteiger partial charge in [-0.2, -0.15) is 0 Å². The molecule has 0 bridgehead atoms. The van der Waals surface area contributed by atoms with Gasteiger partial charge in [-0.05, 0) is 23.5 Å². The average Bonchev–Trinajstić information content (AvgIpc) is 3.04. The molecule has 4 heteroatoms. The lowest BCUT2D eigenvalue weighted by atomic mass is 9.86. The second-order valence-electron chi connectivity index (χ2n) is 7.91. The van der Waals surface area contributed by atoms with Gasteiger partial charge in [0.15, 0.2) is 11.5 Å². The number of rotatable bonds is 6. The van der Waals surface area contributed by atoms with E-state index in [4.69, 9.17) is 4.74 Å². The number of ketones is 1. The zero-order valence-electron chi connectivity index (χ0n) is 16.6. The number of benzene rings is 2. The van der Waals surface area contributed by atoms with Gasteiger partial charge in [-0.1, -0.05) is 74.9 Å². The van der Waals surface area contributed by atoms with Gasteiger partial charge in [-0.25, -0.2) is 0 Å². The van der Waals surface area contributed by atoms with Gasteiger partial charge in [0, 0.05) is 22.9 Å². The minimum atomic E-state index is 0.00788. The summed E-state index contributed by atoms with van der Waals surface area (Å²) in [4.78, 5) is 24.6. The van der Waals surface area contributed by atoms with Gasteiger partial charge >= 0.3 is 0 Å². The van der Waals surface area contributed by atoms with E-state index in [0.717, 1.165) is 21.6 Å². The first-order chi connectivity index (χ1) is 13.3. The molecule has 0 saturated carbocycles. The van der Waals surface area contributed by atoms with Crippen molar-refractivity contribution in [2.45, 2.75) is 39.5 Å². The molecule has 0 aliphatic heterocycles. The molecule has 0 radical (unpaired) electrons. The number of Topliss-reactive ketones (excluding diaryl/α,β-unsaturated/α-hetero) is 1. The van der Waals surface area contributed by atoms with Crippen molar-refractivity contribution in [3.05, 3.63) is 75.5 Å². The lowest BCUT2D eigenvalue weighted by Gasteiger charge is -2.19. The van der Waals surface area contributed by atoms with Crippen molar-refractivity contribution in [3.63, 3.8) is 0 Å². The number of carbonyl (C=O) groups is 2. The standard InChI is InChI=1S/C24H24O3S/c1-16-5-7-17(8-6-16)20-14-28-22(23(20)27-15-25)13-21(26)18-9-11-19(12-10-18)24(2,3)4/h5-12,14-15H,13H2,1-4H3. The summed E-state index contributed by atoms with van der Waals surface area (Å²) in [6.07, 6.45) is 0.203. The van der Waals surface area contributed by atoms with E-state index in [9.17, 15) is 9.59 Å². The molecule has 2 aromatic carbocycles. The van der Waals surface area contributed by atoms with Crippen LogP contribution in [-0.4, -0.2) is 12.3 Å². The SMILES string of the molecule is Cc1ccc(-c2csc(CC(=O)c3ccc(C(C)(C)C)cc3)c2OC=O)cc1. The minimum Gasteiger partial charge on any atom is -0.427 e. The molecule has 0 atom stereocenters. The van der Waals surface area contributed by atoms with Crippen LogP contribution in [0, 0.1) is 6.92 Å². The second-order valence-corrected chi connectivity index (χ2v) is 8.87. The molecular formula is C24H24O3S. The summed E-state index contributed by atoms with van der Waals surface area (Å²) in [6.45, 7) is 8.88. The van der Waals surface area contributed by atoms with Crippen molar-refractivity contribution in [1.82, 2.24) is 0 Å². The summed E-state index contributed by atoms with van der Waals surface area (Å²) in [5.41, 5.74) is 4.85. The Hall–Kier alpha value is -2.72. The van der Waals surface area contributed by atoms with Crippen molar-refractivity contribution < 1.29 is 14.3 Å². The number of aryl methyl sites for hydroxylation is 1. The summed E-state index contributed by atoms with van der Waals surface area (Å²) >= 11 is 1.44. The summed E-state index contributed by atoms with van der Waals surface area (Å²) in [7, 11) is 0. The van der Waals surface area contributed by atoms with Crippen LogP contribution in [0.1, 0.15) is 47.1 Å². The number of ether oxygens (including phenoxy) is 1. The predicted octanol–water partition coefficient (Wildman–Crippen LogP) is 5.98. The molecule has 28 heavy (non-hydrogen) atoms. The number of hydrogen-bond donors (Lipinski definition) is 0. The molecule has 144 valence electrons. The predicted molar refractivity (Wildman–Crippen MR) is 114 cm³/mol. The van der Waals surface area contributed by atoms with Gasteiger partial charge in [0.25, 0.3) is 6.47 Å². The quantitative estimate of drug-likeness (QED) is 0.383. The van der Waals surface area contributed by atoms with Crippen LogP contribution >= 0.6 is 11.3 Å². The molecule has 0 saturated heterocycles. The monoisotopic (exact) mass is 392 g/mol. The fraction of sp³-hybridized carbons (Fsp3) is 0.250. The van der Waals surface area contributed by atoms with Gasteiger partial charge < -0.3 is 4.74 Å². The first-order valence-corrected chi connectivity index (χ1v) is 10.1. The van der Waals surface area contributed by atoms with Crippen LogP contribution in [0.3, 0.4) is 0 Å². The molecule has 0 N–H and O–H groups in total. The third kappa shape index (κ3) is 4.39. The maximum absolute atomic E-state index is 12.8. The van der Waals surface area contributed by atoms with E-state index in [1.807, 2.05) is 60.8 Å². The van der Waals surface area contributed by atoms with Gasteiger partial charge in [0.1, 0.15) is 0 Å². The number of hydrogen-bond acceptors (Lipinski definition) is 4. The lowest BCUT2D eigenvalue weighted by Crippen LogP contribution is -2.11. The third-order valence-electron chi connectivity index (χ3n) is 4.74. The smallest absolute Gasteiger partial charge is 0.298 e. The van der Waals surface area contributed by atoms with E-state index in [-0.39, 0.29) is 17.6 Å². The second kappa shape index (κ2) is 8.11. The fourth-order valence-corrected chi connectivity index (χ4v) is 4.01. The molecule has 1 aromatic heterocycles. The van der Waals surface area contributed by atoms with Gasteiger partial charge in [-0.3, -0.25) is 9.59 Å². The van der Waals surface area contributed by atoms with Crippen molar-refractivity contribution in [1.29, 1.82) is 0 Å². The van der Waals surface area contributed by atoms with Crippen LogP contribution in [0.5, 0.6) is 5.75 Å². The zero-order chi connectivity index (χ0) is 20.3. The molecule has 0 spiro atoms. The van der Waals surface area contributed by atoms with Gasteiger partial charge in [-0.15, -0.1) is 11.3 Å². The van der Waals surface area contributed by atoms with E-state index < -0.39 is 0 Å². The Bertz CT molecular complexity index is 974.